The molecule has 0 amide bonds. The highest BCUT2D eigenvalue weighted by Gasteiger charge is 2.16. The molecule has 2 rings (SSSR count). The van der Waals surface area contributed by atoms with Gasteiger partial charge < -0.3 is 10.2 Å². The van der Waals surface area contributed by atoms with Crippen molar-refractivity contribution >= 4 is 11.8 Å². The zero-order valence-electron chi connectivity index (χ0n) is 11.3. The van der Waals surface area contributed by atoms with Crippen LogP contribution in [0.3, 0.4) is 0 Å². The molecule has 0 spiro atoms. The van der Waals surface area contributed by atoms with Crippen LogP contribution in [0.1, 0.15) is 45.4 Å². The minimum atomic E-state index is 0.833. The Bertz CT molecular complexity index is 204. The molecule has 1 heterocycles. The third-order valence-corrected chi connectivity index (χ3v) is 5.15. The van der Waals surface area contributed by atoms with Gasteiger partial charge >= 0.3 is 0 Å². The van der Waals surface area contributed by atoms with Crippen molar-refractivity contribution in [2.75, 3.05) is 31.9 Å². The zero-order valence-corrected chi connectivity index (χ0v) is 12.1. The summed E-state index contributed by atoms with van der Waals surface area (Å²) in [5.41, 5.74) is 0. The highest BCUT2D eigenvalue weighted by atomic mass is 32.2. The topological polar surface area (TPSA) is 15.3 Å². The maximum absolute atomic E-state index is 3.74. The third-order valence-electron chi connectivity index (χ3n) is 4.01. The Hall–Kier alpha value is 0.270. The number of rotatable bonds is 5. The van der Waals surface area contributed by atoms with Gasteiger partial charge in [-0.15, -0.1) is 0 Å². The molecule has 0 bridgehead atoms. The maximum atomic E-state index is 3.74. The lowest BCUT2D eigenvalue weighted by Crippen LogP contribution is -2.39. The Kier molecular flexibility index (Phi) is 6.16. The highest BCUT2D eigenvalue weighted by Crippen LogP contribution is 2.18. The molecule has 2 fully saturated rings. The van der Waals surface area contributed by atoms with E-state index in [1.807, 2.05) is 0 Å². The van der Waals surface area contributed by atoms with Crippen molar-refractivity contribution in [3.05, 3.63) is 0 Å². The fourth-order valence-corrected chi connectivity index (χ4v) is 4.09. The molecule has 1 atom stereocenters. The molecule has 100 valence electrons. The van der Waals surface area contributed by atoms with Crippen molar-refractivity contribution < 1.29 is 0 Å². The summed E-state index contributed by atoms with van der Waals surface area (Å²) in [5, 5.41) is 4.58. The molecule has 1 saturated carbocycles. The second-order valence-corrected chi connectivity index (χ2v) is 7.17. The summed E-state index contributed by atoms with van der Waals surface area (Å²) in [4.78, 5) is 2.64. The summed E-state index contributed by atoms with van der Waals surface area (Å²) < 4.78 is 0. The number of thioether (sulfide) groups is 1. The van der Waals surface area contributed by atoms with E-state index in [4.69, 9.17) is 0 Å². The molecule has 2 aliphatic rings. The van der Waals surface area contributed by atoms with Gasteiger partial charge in [0, 0.05) is 30.1 Å². The van der Waals surface area contributed by atoms with Crippen LogP contribution in [-0.2, 0) is 0 Å². The predicted molar refractivity (Wildman–Crippen MR) is 77.9 cm³/mol. The van der Waals surface area contributed by atoms with E-state index in [0.29, 0.717) is 0 Å². The van der Waals surface area contributed by atoms with E-state index in [9.17, 15) is 0 Å². The van der Waals surface area contributed by atoms with Crippen LogP contribution in [0.4, 0.5) is 0 Å². The normalized spacial score (nSPS) is 28.4. The van der Waals surface area contributed by atoms with E-state index < -0.39 is 0 Å². The lowest BCUT2D eigenvalue weighted by molar-refractivity contribution is 0.276. The van der Waals surface area contributed by atoms with Gasteiger partial charge in [-0.25, -0.2) is 0 Å². The number of hydrogen-bond donors (Lipinski definition) is 1. The Morgan fingerprint density at radius 1 is 1.24 bits per heavy atom. The predicted octanol–water partition coefficient (Wildman–Crippen LogP) is 2.74. The molecular weight excluding hydrogens is 228 g/mol. The SMILES string of the molecule is CC1CN(CCCNC2CCCCC2)CCS1. The molecule has 0 aromatic heterocycles. The van der Waals surface area contributed by atoms with Gasteiger partial charge in [0.05, 0.1) is 0 Å². The third kappa shape index (κ3) is 5.19. The molecule has 0 aromatic carbocycles. The number of hydrogen-bond acceptors (Lipinski definition) is 3. The molecule has 2 nitrogen and oxygen atoms in total. The molecule has 1 aliphatic heterocycles. The Labute approximate surface area is 111 Å². The fourth-order valence-electron chi connectivity index (χ4n) is 3.01. The first-order valence-corrected chi connectivity index (χ1v) is 8.47. The van der Waals surface area contributed by atoms with Crippen molar-refractivity contribution in [3.8, 4) is 0 Å². The summed E-state index contributed by atoms with van der Waals surface area (Å²) in [7, 11) is 0. The van der Waals surface area contributed by atoms with Crippen LogP contribution < -0.4 is 5.32 Å². The van der Waals surface area contributed by atoms with E-state index in [-0.39, 0.29) is 0 Å². The Balaban J connectivity index is 1.50. The Morgan fingerprint density at radius 3 is 2.82 bits per heavy atom. The molecule has 17 heavy (non-hydrogen) atoms. The highest BCUT2D eigenvalue weighted by molar-refractivity contribution is 7.99. The molecule has 1 saturated heterocycles. The standard InChI is InChI=1S/C14H28N2S/c1-13-12-16(10-11-17-13)9-5-8-15-14-6-3-2-4-7-14/h13-15H,2-12H2,1H3. The molecule has 1 N–H and O–H groups in total. The van der Waals surface area contributed by atoms with Gasteiger partial charge in [0.2, 0.25) is 0 Å². The van der Waals surface area contributed by atoms with Gasteiger partial charge in [-0.3, -0.25) is 0 Å². The van der Waals surface area contributed by atoms with Crippen LogP contribution in [0.25, 0.3) is 0 Å². The molecule has 1 unspecified atom stereocenters. The second-order valence-electron chi connectivity index (χ2n) is 5.62. The first kappa shape index (κ1) is 13.7. The van der Waals surface area contributed by atoms with Gasteiger partial charge in [-0.2, -0.15) is 11.8 Å². The number of nitrogens with one attached hydrogen (secondary N) is 1. The van der Waals surface area contributed by atoms with Crippen molar-refractivity contribution in [1.82, 2.24) is 10.2 Å². The van der Waals surface area contributed by atoms with Crippen LogP contribution in [0.15, 0.2) is 0 Å². The first-order chi connectivity index (χ1) is 8.34. The van der Waals surface area contributed by atoms with Gasteiger partial charge in [-0.1, -0.05) is 26.2 Å². The molecule has 0 radical (unpaired) electrons. The van der Waals surface area contributed by atoms with Crippen LogP contribution in [0.2, 0.25) is 0 Å². The van der Waals surface area contributed by atoms with E-state index in [1.165, 1.54) is 70.5 Å². The zero-order chi connectivity index (χ0) is 11.9. The molecule has 0 aromatic rings. The van der Waals surface area contributed by atoms with Gasteiger partial charge in [-0.05, 0) is 32.4 Å². The van der Waals surface area contributed by atoms with E-state index >= 15 is 0 Å². The average Bonchev–Trinajstić information content (AvgIpc) is 2.36. The minimum absolute atomic E-state index is 0.833. The van der Waals surface area contributed by atoms with Crippen LogP contribution in [0.5, 0.6) is 0 Å². The molecule has 3 heteroatoms. The number of nitrogens with zero attached hydrogens (tertiary/aromatic N) is 1. The second kappa shape index (κ2) is 7.65. The van der Waals surface area contributed by atoms with E-state index in [2.05, 4.69) is 28.9 Å². The smallest absolute Gasteiger partial charge is 0.0147 e. The summed E-state index contributed by atoms with van der Waals surface area (Å²) in [6, 6.07) is 0.833. The van der Waals surface area contributed by atoms with Gasteiger partial charge in [0.15, 0.2) is 0 Å². The summed E-state index contributed by atoms with van der Waals surface area (Å²) in [6.45, 7) is 7.48. The van der Waals surface area contributed by atoms with Crippen molar-refractivity contribution in [2.45, 2.75) is 56.7 Å². The fraction of sp³-hybridized carbons (Fsp3) is 1.00. The largest absolute Gasteiger partial charge is 0.314 e. The van der Waals surface area contributed by atoms with Gasteiger partial charge in [0.25, 0.3) is 0 Å². The van der Waals surface area contributed by atoms with E-state index in [1.54, 1.807) is 0 Å². The van der Waals surface area contributed by atoms with Crippen LogP contribution in [0, 0.1) is 0 Å². The van der Waals surface area contributed by atoms with E-state index in [0.717, 1.165) is 11.3 Å². The minimum Gasteiger partial charge on any atom is -0.314 e. The molecule has 1 aliphatic carbocycles. The summed E-state index contributed by atoms with van der Waals surface area (Å²) in [6.07, 6.45) is 8.50. The summed E-state index contributed by atoms with van der Waals surface area (Å²) in [5.74, 6) is 1.33. The first-order valence-electron chi connectivity index (χ1n) is 7.42. The van der Waals surface area contributed by atoms with Crippen molar-refractivity contribution in [1.29, 1.82) is 0 Å². The summed E-state index contributed by atoms with van der Waals surface area (Å²) >= 11 is 2.13. The van der Waals surface area contributed by atoms with Crippen molar-refractivity contribution in [2.24, 2.45) is 0 Å². The Morgan fingerprint density at radius 2 is 2.06 bits per heavy atom. The quantitative estimate of drug-likeness (QED) is 0.762. The maximum Gasteiger partial charge on any atom is 0.0147 e. The van der Waals surface area contributed by atoms with Crippen molar-refractivity contribution in [3.63, 3.8) is 0 Å². The lowest BCUT2D eigenvalue weighted by atomic mass is 9.95. The molecular formula is C14H28N2S. The van der Waals surface area contributed by atoms with Crippen LogP contribution in [-0.4, -0.2) is 48.1 Å². The average molecular weight is 256 g/mol. The lowest BCUT2D eigenvalue weighted by Gasteiger charge is -2.30. The van der Waals surface area contributed by atoms with Gasteiger partial charge in [0.1, 0.15) is 0 Å². The van der Waals surface area contributed by atoms with Crippen LogP contribution >= 0.6 is 11.8 Å². The monoisotopic (exact) mass is 256 g/mol.